The van der Waals surface area contributed by atoms with Crippen LogP contribution in [-0.2, 0) is 11.3 Å². The highest BCUT2D eigenvalue weighted by atomic mass is 16.5. The highest BCUT2D eigenvalue weighted by Crippen LogP contribution is 2.25. The molecule has 0 bridgehead atoms. The first kappa shape index (κ1) is 16.5. The second kappa shape index (κ2) is 7.06. The van der Waals surface area contributed by atoms with E-state index in [1.165, 1.54) is 0 Å². The lowest BCUT2D eigenvalue weighted by molar-refractivity contribution is 0.00946. The van der Waals surface area contributed by atoms with Crippen LogP contribution in [0.1, 0.15) is 22.8 Å². The quantitative estimate of drug-likeness (QED) is 0.586. The Hall–Kier alpha value is -2.32. The predicted molar refractivity (Wildman–Crippen MR) is 84.0 cm³/mol. The van der Waals surface area contributed by atoms with Gasteiger partial charge in [-0.1, -0.05) is 6.07 Å². The van der Waals surface area contributed by atoms with Crippen LogP contribution in [0.3, 0.4) is 0 Å². The Bertz CT molecular complexity index is 636. The van der Waals surface area contributed by atoms with Crippen molar-refractivity contribution in [1.29, 1.82) is 0 Å². The van der Waals surface area contributed by atoms with Crippen molar-refractivity contribution in [2.45, 2.75) is 19.5 Å². The van der Waals surface area contributed by atoms with Crippen molar-refractivity contribution < 1.29 is 24.3 Å². The van der Waals surface area contributed by atoms with Crippen LogP contribution >= 0.6 is 0 Å². The lowest BCUT2D eigenvalue weighted by atomic mass is 10.1. The molecule has 8 heteroatoms. The number of carbonyl (C=O) groups is 2. The van der Waals surface area contributed by atoms with Gasteiger partial charge in [0.1, 0.15) is 12.4 Å². The minimum atomic E-state index is -0.597. The van der Waals surface area contributed by atoms with Crippen molar-refractivity contribution in [1.82, 2.24) is 15.3 Å². The summed E-state index contributed by atoms with van der Waals surface area (Å²) in [6.07, 6.45) is 0. The number of nitrogens with zero attached hydrogens (tertiary/aromatic N) is 2. The van der Waals surface area contributed by atoms with E-state index in [9.17, 15) is 9.59 Å². The summed E-state index contributed by atoms with van der Waals surface area (Å²) in [4.78, 5) is 27.9. The van der Waals surface area contributed by atoms with Crippen LogP contribution in [-0.4, -0.2) is 65.9 Å². The zero-order chi connectivity index (χ0) is 17.1. The first-order valence-corrected chi connectivity index (χ1v) is 7.93. The second-order valence-corrected chi connectivity index (χ2v) is 5.93. The molecule has 0 spiro atoms. The van der Waals surface area contributed by atoms with Gasteiger partial charge in [-0.2, -0.15) is 0 Å². The van der Waals surface area contributed by atoms with Crippen LogP contribution in [0.15, 0.2) is 18.2 Å². The van der Waals surface area contributed by atoms with Crippen LogP contribution in [0.4, 0.5) is 4.79 Å². The Morgan fingerprint density at radius 3 is 2.88 bits per heavy atom. The molecule has 0 aliphatic carbocycles. The fourth-order valence-electron chi connectivity index (χ4n) is 2.93. The molecule has 8 nitrogen and oxygen atoms in total. The topological polar surface area (TPSA) is 91.3 Å². The van der Waals surface area contributed by atoms with Gasteiger partial charge in [-0.05, 0) is 19.1 Å². The molecule has 2 aliphatic rings. The third-order valence-electron chi connectivity index (χ3n) is 4.29. The number of hydroxylamine groups is 1. The van der Waals surface area contributed by atoms with Gasteiger partial charge in [0.2, 0.25) is 0 Å². The minimum absolute atomic E-state index is 0.0283. The summed E-state index contributed by atoms with van der Waals surface area (Å²) in [6.45, 7) is 4.89. The van der Waals surface area contributed by atoms with E-state index in [0.29, 0.717) is 50.8 Å². The Morgan fingerprint density at radius 1 is 1.29 bits per heavy atom. The van der Waals surface area contributed by atoms with E-state index < -0.39 is 5.91 Å². The summed E-state index contributed by atoms with van der Waals surface area (Å²) in [6, 6.07) is 4.93. The maximum absolute atomic E-state index is 12.8. The summed E-state index contributed by atoms with van der Waals surface area (Å²) in [7, 11) is 0. The fourth-order valence-corrected chi connectivity index (χ4v) is 2.93. The number of hydrogen-bond acceptors (Lipinski definition) is 5. The third-order valence-corrected chi connectivity index (χ3v) is 4.29. The highest BCUT2D eigenvalue weighted by Gasteiger charge is 2.29. The van der Waals surface area contributed by atoms with Crippen molar-refractivity contribution in [3.63, 3.8) is 0 Å². The molecule has 3 rings (SSSR count). The van der Waals surface area contributed by atoms with Crippen LogP contribution < -0.4 is 10.2 Å². The van der Waals surface area contributed by atoms with Crippen molar-refractivity contribution in [3.8, 4) is 5.75 Å². The van der Waals surface area contributed by atoms with E-state index in [0.717, 1.165) is 5.56 Å². The van der Waals surface area contributed by atoms with E-state index in [-0.39, 0.29) is 12.1 Å². The molecule has 0 radical (unpaired) electrons. The fraction of sp³-hybridized carbons (Fsp3) is 0.500. The molecule has 24 heavy (non-hydrogen) atoms. The van der Waals surface area contributed by atoms with Crippen LogP contribution in [0.2, 0.25) is 0 Å². The van der Waals surface area contributed by atoms with Crippen molar-refractivity contribution >= 4 is 11.9 Å². The summed E-state index contributed by atoms with van der Waals surface area (Å²) < 4.78 is 11.1. The van der Waals surface area contributed by atoms with E-state index in [2.05, 4.69) is 0 Å². The maximum Gasteiger partial charge on any atom is 0.320 e. The molecule has 3 amide bonds. The smallest absolute Gasteiger partial charge is 0.320 e. The summed E-state index contributed by atoms with van der Waals surface area (Å²) in [5, 5.41) is 8.72. The zero-order valence-electron chi connectivity index (χ0n) is 13.5. The maximum atomic E-state index is 12.8. The molecule has 130 valence electrons. The normalized spacial score (nSPS) is 20.7. The predicted octanol–water partition coefficient (Wildman–Crippen LogP) is 0.841. The minimum Gasteiger partial charge on any atom is -0.491 e. The number of benzene rings is 1. The Labute approximate surface area is 139 Å². The number of fused-ring (bicyclic) bond motifs is 1. The van der Waals surface area contributed by atoms with E-state index in [1.807, 2.05) is 11.8 Å². The molecule has 1 aromatic carbocycles. The number of carbonyl (C=O) groups excluding carboxylic acids is 2. The first-order chi connectivity index (χ1) is 11.6. The largest absolute Gasteiger partial charge is 0.491 e. The number of hydrogen-bond donors (Lipinski definition) is 2. The molecular formula is C16H21N3O5. The first-order valence-electron chi connectivity index (χ1n) is 7.93. The van der Waals surface area contributed by atoms with Gasteiger partial charge in [-0.15, -0.1) is 0 Å². The molecule has 2 heterocycles. The van der Waals surface area contributed by atoms with Crippen molar-refractivity contribution in [2.75, 3.05) is 32.9 Å². The van der Waals surface area contributed by atoms with Gasteiger partial charge >= 0.3 is 6.03 Å². The summed E-state index contributed by atoms with van der Waals surface area (Å²) >= 11 is 0. The van der Waals surface area contributed by atoms with Gasteiger partial charge in [-0.25, -0.2) is 10.3 Å². The van der Waals surface area contributed by atoms with Crippen molar-refractivity contribution in [3.05, 3.63) is 29.3 Å². The lowest BCUT2D eigenvalue weighted by Crippen LogP contribution is -2.52. The monoisotopic (exact) mass is 335 g/mol. The highest BCUT2D eigenvalue weighted by molar-refractivity contribution is 5.93. The standard InChI is InChI=1S/C16H21N3O5/c1-11-10-23-6-5-19(11)16(21)18-4-7-24-14-8-12(15(20)17-22)2-3-13(14)9-18/h2-3,8,11,22H,4-7,9-10H2,1H3,(H,17,20). The van der Waals surface area contributed by atoms with Crippen LogP contribution in [0, 0.1) is 0 Å². The van der Waals surface area contributed by atoms with Gasteiger partial charge in [0.05, 0.1) is 32.3 Å². The van der Waals surface area contributed by atoms with Gasteiger partial charge in [0, 0.05) is 17.7 Å². The molecular weight excluding hydrogens is 314 g/mol. The van der Waals surface area contributed by atoms with Gasteiger partial charge in [0.25, 0.3) is 5.91 Å². The van der Waals surface area contributed by atoms with E-state index in [4.69, 9.17) is 14.7 Å². The summed E-state index contributed by atoms with van der Waals surface area (Å²) in [5.74, 6) is -0.0397. The average Bonchev–Trinajstić information content (AvgIpc) is 2.82. The molecule has 1 fully saturated rings. The Morgan fingerprint density at radius 2 is 2.12 bits per heavy atom. The molecule has 1 aromatic rings. The average molecular weight is 335 g/mol. The Balaban J connectivity index is 1.77. The molecule has 2 N–H and O–H groups in total. The second-order valence-electron chi connectivity index (χ2n) is 5.93. The number of rotatable bonds is 1. The summed E-state index contributed by atoms with van der Waals surface area (Å²) in [5.41, 5.74) is 2.73. The van der Waals surface area contributed by atoms with Crippen molar-refractivity contribution in [2.24, 2.45) is 0 Å². The van der Waals surface area contributed by atoms with Crippen LogP contribution in [0.25, 0.3) is 0 Å². The van der Waals surface area contributed by atoms with Gasteiger partial charge in [-0.3, -0.25) is 10.0 Å². The SMILES string of the molecule is CC1COCCN1C(=O)N1CCOc2cc(C(=O)NO)ccc2C1. The van der Waals surface area contributed by atoms with E-state index >= 15 is 0 Å². The lowest BCUT2D eigenvalue weighted by Gasteiger charge is -2.36. The number of nitrogens with one attached hydrogen (secondary N) is 1. The van der Waals surface area contributed by atoms with Gasteiger partial charge in [0.15, 0.2) is 0 Å². The molecule has 1 unspecified atom stereocenters. The third kappa shape index (κ3) is 3.29. The molecule has 0 aromatic heterocycles. The molecule has 1 atom stereocenters. The molecule has 2 aliphatic heterocycles. The Kier molecular flexibility index (Phi) is 4.86. The molecule has 1 saturated heterocycles. The number of urea groups is 1. The van der Waals surface area contributed by atoms with E-state index in [1.54, 1.807) is 28.6 Å². The molecule has 0 saturated carbocycles. The number of amides is 3. The number of ether oxygens (including phenoxy) is 2. The van der Waals surface area contributed by atoms with Crippen LogP contribution in [0.5, 0.6) is 5.75 Å². The zero-order valence-corrected chi connectivity index (χ0v) is 13.5. The van der Waals surface area contributed by atoms with Gasteiger partial charge < -0.3 is 19.3 Å². The number of morpholine rings is 1.